The molecule has 2 radical (unpaired) electrons. The first-order valence-electron chi connectivity index (χ1n) is 6.11. The minimum Gasteiger partial charge on any atom is -0.0850 e. The van der Waals surface area contributed by atoms with Crippen LogP contribution < -0.4 is 0 Å². The van der Waals surface area contributed by atoms with Crippen molar-refractivity contribution in [2.75, 3.05) is 0 Å². The Morgan fingerprint density at radius 2 is 1.43 bits per heavy atom. The van der Waals surface area contributed by atoms with Gasteiger partial charge in [-0.2, -0.15) is 0 Å². The fraction of sp³-hybridized carbons (Fsp3) is 0.714. The van der Waals surface area contributed by atoms with E-state index >= 15 is 0 Å². The molecule has 0 aromatic heterocycles. The summed E-state index contributed by atoms with van der Waals surface area (Å²) in [5.41, 5.74) is 1.19. The van der Waals surface area contributed by atoms with Gasteiger partial charge in [-0.25, -0.2) is 0 Å². The van der Waals surface area contributed by atoms with Gasteiger partial charge in [-0.1, -0.05) is 63.5 Å². The third-order valence-corrected chi connectivity index (χ3v) is 2.64. The molecule has 0 bridgehead atoms. The smallest absolute Gasteiger partial charge is 0.0283 e. The average Bonchev–Trinajstić information content (AvgIpc) is 2.21. The second-order valence-electron chi connectivity index (χ2n) is 4.09. The van der Waals surface area contributed by atoms with E-state index in [0.29, 0.717) is 0 Å². The third-order valence-electron chi connectivity index (χ3n) is 2.64. The highest BCUT2D eigenvalue weighted by Crippen LogP contribution is 2.11. The van der Waals surface area contributed by atoms with Gasteiger partial charge in [0.1, 0.15) is 0 Å². The fourth-order valence-corrected chi connectivity index (χ4v) is 1.59. The van der Waals surface area contributed by atoms with Crippen LogP contribution in [0.4, 0.5) is 0 Å². The van der Waals surface area contributed by atoms with Crippen molar-refractivity contribution in [1.82, 2.24) is 0 Å². The minimum absolute atomic E-state index is 1.14. The van der Waals surface area contributed by atoms with Gasteiger partial charge in [0.25, 0.3) is 0 Å². The van der Waals surface area contributed by atoms with Crippen molar-refractivity contribution in [3.05, 3.63) is 25.5 Å². The molecule has 82 valence electrons. The van der Waals surface area contributed by atoms with E-state index in [1.165, 1.54) is 56.9 Å². The molecule has 14 heavy (non-hydrogen) atoms. The van der Waals surface area contributed by atoms with Crippen LogP contribution in [0.5, 0.6) is 0 Å². The van der Waals surface area contributed by atoms with Crippen LogP contribution in [-0.2, 0) is 0 Å². The highest BCUT2D eigenvalue weighted by molar-refractivity contribution is 5.06. The van der Waals surface area contributed by atoms with E-state index in [1.807, 2.05) is 6.08 Å². The molecule has 0 unspecified atom stereocenters. The van der Waals surface area contributed by atoms with Crippen LogP contribution in [0, 0.1) is 13.8 Å². The van der Waals surface area contributed by atoms with E-state index in [4.69, 9.17) is 0 Å². The molecule has 0 heterocycles. The van der Waals surface area contributed by atoms with Gasteiger partial charge in [-0.3, -0.25) is 0 Å². The van der Waals surface area contributed by atoms with Gasteiger partial charge in [0.2, 0.25) is 0 Å². The summed E-state index contributed by atoms with van der Waals surface area (Å²) in [4.78, 5) is 0. The zero-order chi connectivity index (χ0) is 10.6. The number of rotatable bonds is 9. The molecule has 0 amide bonds. The topological polar surface area (TPSA) is 0 Å². The monoisotopic (exact) mass is 194 g/mol. The Hall–Kier alpha value is -0.260. The minimum atomic E-state index is 1.14. The molecule has 0 rings (SSSR count). The van der Waals surface area contributed by atoms with E-state index in [9.17, 15) is 0 Å². The van der Waals surface area contributed by atoms with E-state index in [0.717, 1.165) is 6.42 Å². The Balaban J connectivity index is 2.99. The lowest BCUT2D eigenvalue weighted by atomic mass is 10.1. The summed E-state index contributed by atoms with van der Waals surface area (Å²) in [6.45, 7) is 9.89. The quantitative estimate of drug-likeness (QED) is 0.447. The van der Waals surface area contributed by atoms with Crippen molar-refractivity contribution in [3.8, 4) is 0 Å². The molecule has 0 aromatic carbocycles. The predicted molar refractivity (Wildman–Crippen MR) is 66.0 cm³/mol. The van der Waals surface area contributed by atoms with Gasteiger partial charge in [0.05, 0.1) is 0 Å². The lowest BCUT2D eigenvalue weighted by Crippen LogP contribution is -1.82. The fourth-order valence-electron chi connectivity index (χ4n) is 1.59. The number of allylic oxidation sites excluding steroid dienone is 2. The molecular weight excluding hydrogens is 168 g/mol. The van der Waals surface area contributed by atoms with Crippen LogP contribution in [-0.4, -0.2) is 0 Å². The Kier molecular flexibility index (Phi) is 10.6. The molecule has 0 atom stereocenters. The first-order valence-corrected chi connectivity index (χ1v) is 6.11. The molecule has 0 fully saturated rings. The summed E-state index contributed by atoms with van der Waals surface area (Å²) in [6, 6.07) is 0. The lowest BCUT2D eigenvalue weighted by molar-refractivity contribution is 0.576. The maximum Gasteiger partial charge on any atom is -0.0283 e. The summed E-state index contributed by atoms with van der Waals surface area (Å²) in [5.74, 6) is 0. The van der Waals surface area contributed by atoms with Gasteiger partial charge < -0.3 is 0 Å². The Bertz CT molecular complexity index is 133. The second-order valence-corrected chi connectivity index (χ2v) is 4.09. The maximum absolute atomic E-state index is 3.91. The molecule has 0 spiro atoms. The number of hydrogen-bond donors (Lipinski definition) is 0. The zero-order valence-electron chi connectivity index (χ0n) is 9.86. The SMILES string of the molecule is [CH2]C=C([CH2])CCCCCCCCCC. The summed E-state index contributed by atoms with van der Waals surface area (Å²) >= 11 is 0. The molecule has 0 heteroatoms. The molecule has 0 saturated carbocycles. The molecule has 0 aliphatic carbocycles. The van der Waals surface area contributed by atoms with Gasteiger partial charge in [-0.15, -0.1) is 0 Å². The highest BCUT2D eigenvalue weighted by Gasteiger charge is 1.92. The number of unbranched alkanes of at least 4 members (excludes halogenated alkanes) is 7. The van der Waals surface area contributed by atoms with E-state index in [2.05, 4.69) is 20.8 Å². The van der Waals surface area contributed by atoms with Crippen LogP contribution in [0.2, 0.25) is 0 Å². The molecule has 0 N–H and O–H groups in total. The predicted octanol–water partition coefficient (Wildman–Crippen LogP) is 5.11. The Morgan fingerprint density at radius 3 is 1.93 bits per heavy atom. The van der Waals surface area contributed by atoms with Gasteiger partial charge in [0.15, 0.2) is 0 Å². The Morgan fingerprint density at radius 1 is 0.929 bits per heavy atom. The summed E-state index contributed by atoms with van der Waals surface area (Å²) in [6.07, 6.45) is 14.1. The van der Waals surface area contributed by atoms with Crippen LogP contribution in [0.25, 0.3) is 0 Å². The van der Waals surface area contributed by atoms with Gasteiger partial charge in [-0.05, 0) is 26.7 Å². The van der Waals surface area contributed by atoms with Crippen molar-refractivity contribution in [2.45, 2.75) is 64.7 Å². The van der Waals surface area contributed by atoms with Crippen molar-refractivity contribution < 1.29 is 0 Å². The summed E-state index contributed by atoms with van der Waals surface area (Å²) in [5, 5.41) is 0. The number of hydrogen-bond acceptors (Lipinski definition) is 0. The van der Waals surface area contributed by atoms with Crippen LogP contribution >= 0.6 is 0 Å². The largest absolute Gasteiger partial charge is 0.0850 e. The zero-order valence-corrected chi connectivity index (χ0v) is 9.86. The van der Waals surface area contributed by atoms with Crippen molar-refractivity contribution in [1.29, 1.82) is 0 Å². The first-order chi connectivity index (χ1) is 6.81. The van der Waals surface area contributed by atoms with E-state index in [1.54, 1.807) is 0 Å². The molecule has 0 saturated heterocycles. The van der Waals surface area contributed by atoms with E-state index in [-0.39, 0.29) is 0 Å². The van der Waals surface area contributed by atoms with Crippen LogP contribution in [0.1, 0.15) is 64.7 Å². The van der Waals surface area contributed by atoms with Crippen LogP contribution in [0.15, 0.2) is 11.6 Å². The molecule has 0 aliphatic heterocycles. The maximum atomic E-state index is 3.91. The summed E-state index contributed by atoms with van der Waals surface area (Å²) in [7, 11) is 0. The Labute approximate surface area is 90.8 Å². The third kappa shape index (κ3) is 9.83. The van der Waals surface area contributed by atoms with Gasteiger partial charge in [0, 0.05) is 0 Å². The molecular formula is C14H26. The van der Waals surface area contributed by atoms with Gasteiger partial charge >= 0.3 is 0 Å². The second kappa shape index (κ2) is 10.8. The molecule has 0 aliphatic rings. The van der Waals surface area contributed by atoms with Crippen molar-refractivity contribution in [3.63, 3.8) is 0 Å². The van der Waals surface area contributed by atoms with Crippen molar-refractivity contribution >= 4 is 0 Å². The van der Waals surface area contributed by atoms with E-state index < -0.39 is 0 Å². The summed E-state index contributed by atoms with van der Waals surface area (Å²) < 4.78 is 0. The first kappa shape index (κ1) is 13.7. The normalized spacial score (nSPS) is 12.1. The standard InChI is InChI=1S/C14H26/c1-4-6-7-8-9-10-11-12-13-14(3)5-2/h5H,2-4,6-13H2,1H3. The lowest BCUT2D eigenvalue weighted by Gasteiger charge is -2.01. The van der Waals surface area contributed by atoms with Crippen molar-refractivity contribution in [2.24, 2.45) is 0 Å². The van der Waals surface area contributed by atoms with Crippen LogP contribution in [0.3, 0.4) is 0 Å². The highest BCUT2D eigenvalue weighted by atomic mass is 14.0. The molecule has 0 aromatic rings. The average molecular weight is 194 g/mol. The molecule has 0 nitrogen and oxygen atoms in total.